The summed E-state index contributed by atoms with van der Waals surface area (Å²) in [6, 6.07) is 10.3. The molecule has 0 fully saturated rings. The van der Waals surface area contributed by atoms with E-state index >= 15 is 0 Å². The molecule has 96 valence electrons. The van der Waals surface area contributed by atoms with Gasteiger partial charge in [-0.05, 0) is 25.0 Å². The number of hydrogen-bond donors (Lipinski definition) is 0. The molecule has 0 spiro atoms. The van der Waals surface area contributed by atoms with Crippen molar-refractivity contribution in [1.82, 2.24) is 14.8 Å². The fraction of sp³-hybridized carbons (Fsp3) is 0.200. The molecule has 0 unspecified atom stereocenters. The molecule has 0 aliphatic rings. The molecule has 0 atom stereocenters. The normalized spacial score (nSPS) is 11.1. The second kappa shape index (κ2) is 4.67. The molecule has 0 aliphatic heterocycles. The first-order valence-corrected chi connectivity index (χ1v) is 6.57. The predicted octanol–water partition coefficient (Wildman–Crippen LogP) is 3.75. The van der Waals surface area contributed by atoms with E-state index in [9.17, 15) is 0 Å². The zero-order chi connectivity index (χ0) is 13.4. The average molecular weight is 272 g/mol. The van der Waals surface area contributed by atoms with Crippen molar-refractivity contribution in [2.24, 2.45) is 0 Å². The van der Waals surface area contributed by atoms with Gasteiger partial charge in [0, 0.05) is 17.6 Å². The van der Waals surface area contributed by atoms with Crippen LogP contribution in [0.3, 0.4) is 0 Å². The lowest BCUT2D eigenvalue weighted by molar-refractivity contribution is 0.798. The van der Waals surface area contributed by atoms with Gasteiger partial charge in [-0.2, -0.15) is 5.10 Å². The van der Waals surface area contributed by atoms with Crippen LogP contribution in [-0.2, 0) is 6.54 Å². The summed E-state index contributed by atoms with van der Waals surface area (Å²) in [4.78, 5) is 0. The van der Waals surface area contributed by atoms with Crippen LogP contribution in [0, 0.1) is 13.8 Å². The number of rotatable bonds is 2. The summed E-state index contributed by atoms with van der Waals surface area (Å²) < 4.78 is 2.21. The number of halogens is 1. The summed E-state index contributed by atoms with van der Waals surface area (Å²) in [6.07, 6.45) is 1.78. The Balaban J connectivity index is 2.21. The monoisotopic (exact) mass is 271 g/mol. The summed E-state index contributed by atoms with van der Waals surface area (Å²) in [6.45, 7) is 4.99. The lowest BCUT2D eigenvalue weighted by Crippen LogP contribution is -2.02. The Labute approximate surface area is 116 Å². The maximum atomic E-state index is 6.22. The van der Waals surface area contributed by atoms with Gasteiger partial charge in [0.05, 0.1) is 11.7 Å². The Hall–Kier alpha value is -1.87. The summed E-state index contributed by atoms with van der Waals surface area (Å²) in [5.41, 5.74) is 4.63. The minimum absolute atomic E-state index is 0.463. The van der Waals surface area contributed by atoms with Crippen molar-refractivity contribution >= 4 is 22.5 Å². The van der Waals surface area contributed by atoms with E-state index in [1.54, 1.807) is 6.20 Å². The third-order valence-electron chi connectivity index (χ3n) is 3.59. The van der Waals surface area contributed by atoms with E-state index < -0.39 is 0 Å². The van der Waals surface area contributed by atoms with Crippen LogP contribution in [-0.4, -0.2) is 14.8 Å². The molecule has 3 rings (SSSR count). The Kier molecular flexibility index (Phi) is 2.99. The van der Waals surface area contributed by atoms with Crippen LogP contribution in [0.15, 0.2) is 36.5 Å². The Morgan fingerprint density at radius 3 is 2.63 bits per heavy atom. The minimum Gasteiger partial charge on any atom is -0.338 e. The third-order valence-corrected chi connectivity index (χ3v) is 3.84. The lowest BCUT2D eigenvalue weighted by Gasteiger charge is -2.09. The standard InChI is InChI=1S/C15H14ClN3/c1-10-11(2)19(9-12-6-4-3-5-7-12)14-13(10)8-17-18-15(14)16/h3-8H,9H2,1-2H3. The number of aryl methyl sites for hydroxylation is 1. The molecule has 1 aromatic carbocycles. The van der Waals surface area contributed by atoms with Crippen molar-refractivity contribution in [2.45, 2.75) is 20.4 Å². The van der Waals surface area contributed by atoms with Crippen LogP contribution in [0.5, 0.6) is 0 Å². The zero-order valence-corrected chi connectivity index (χ0v) is 11.6. The Bertz CT molecular complexity index is 732. The van der Waals surface area contributed by atoms with Crippen LogP contribution in [0.1, 0.15) is 16.8 Å². The molecule has 3 nitrogen and oxygen atoms in total. The number of hydrogen-bond acceptors (Lipinski definition) is 2. The summed E-state index contributed by atoms with van der Waals surface area (Å²) in [5.74, 6) is 0. The quantitative estimate of drug-likeness (QED) is 0.711. The van der Waals surface area contributed by atoms with Crippen LogP contribution in [0.2, 0.25) is 5.15 Å². The van der Waals surface area contributed by atoms with E-state index in [1.807, 2.05) is 18.2 Å². The largest absolute Gasteiger partial charge is 0.338 e. The molecule has 0 saturated heterocycles. The first-order valence-electron chi connectivity index (χ1n) is 6.19. The first-order chi connectivity index (χ1) is 9.18. The van der Waals surface area contributed by atoms with E-state index in [-0.39, 0.29) is 0 Å². The Morgan fingerprint density at radius 1 is 1.16 bits per heavy atom. The van der Waals surface area contributed by atoms with Crippen LogP contribution in [0.4, 0.5) is 0 Å². The van der Waals surface area contributed by atoms with Gasteiger partial charge in [0.1, 0.15) is 0 Å². The van der Waals surface area contributed by atoms with Gasteiger partial charge in [-0.3, -0.25) is 0 Å². The van der Waals surface area contributed by atoms with E-state index in [4.69, 9.17) is 11.6 Å². The van der Waals surface area contributed by atoms with Gasteiger partial charge in [-0.15, -0.1) is 5.10 Å². The average Bonchev–Trinajstić information content (AvgIpc) is 2.67. The number of benzene rings is 1. The summed E-state index contributed by atoms with van der Waals surface area (Å²) in [5, 5.41) is 9.44. The molecular weight excluding hydrogens is 258 g/mol. The van der Waals surface area contributed by atoms with Gasteiger partial charge in [0.25, 0.3) is 0 Å². The molecule has 2 aromatic heterocycles. The lowest BCUT2D eigenvalue weighted by atomic mass is 10.2. The minimum atomic E-state index is 0.463. The zero-order valence-electron chi connectivity index (χ0n) is 10.9. The van der Waals surface area contributed by atoms with Crippen molar-refractivity contribution in [2.75, 3.05) is 0 Å². The number of nitrogens with zero attached hydrogens (tertiary/aromatic N) is 3. The van der Waals surface area contributed by atoms with Crippen molar-refractivity contribution in [3.05, 3.63) is 58.5 Å². The highest BCUT2D eigenvalue weighted by atomic mass is 35.5. The molecule has 0 bridgehead atoms. The molecule has 0 radical (unpaired) electrons. The van der Waals surface area contributed by atoms with E-state index in [0.29, 0.717) is 5.15 Å². The highest BCUT2D eigenvalue weighted by Gasteiger charge is 2.14. The second-order valence-electron chi connectivity index (χ2n) is 4.68. The van der Waals surface area contributed by atoms with Gasteiger partial charge < -0.3 is 4.57 Å². The predicted molar refractivity (Wildman–Crippen MR) is 77.6 cm³/mol. The van der Waals surface area contributed by atoms with Crippen molar-refractivity contribution in [3.63, 3.8) is 0 Å². The van der Waals surface area contributed by atoms with Gasteiger partial charge in [0.2, 0.25) is 0 Å². The van der Waals surface area contributed by atoms with E-state index in [0.717, 1.165) is 17.4 Å². The first kappa shape index (κ1) is 12.2. The molecule has 0 saturated carbocycles. The molecule has 4 heteroatoms. The van der Waals surface area contributed by atoms with Gasteiger partial charge in [-0.1, -0.05) is 41.9 Å². The second-order valence-corrected chi connectivity index (χ2v) is 5.04. The van der Waals surface area contributed by atoms with Crippen LogP contribution < -0.4 is 0 Å². The fourth-order valence-electron chi connectivity index (χ4n) is 2.42. The summed E-state index contributed by atoms with van der Waals surface area (Å²) >= 11 is 6.22. The molecule has 0 N–H and O–H groups in total. The number of fused-ring (bicyclic) bond motifs is 1. The van der Waals surface area contributed by atoms with Gasteiger partial charge >= 0.3 is 0 Å². The molecule has 3 aromatic rings. The maximum Gasteiger partial charge on any atom is 0.175 e. The maximum absolute atomic E-state index is 6.22. The molecule has 0 aliphatic carbocycles. The van der Waals surface area contributed by atoms with Crippen molar-refractivity contribution < 1.29 is 0 Å². The smallest absolute Gasteiger partial charge is 0.175 e. The highest BCUT2D eigenvalue weighted by Crippen LogP contribution is 2.29. The molecule has 19 heavy (non-hydrogen) atoms. The topological polar surface area (TPSA) is 30.7 Å². The summed E-state index contributed by atoms with van der Waals surface area (Å²) in [7, 11) is 0. The van der Waals surface area contributed by atoms with Crippen molar-refractivity contribution in [1.29, 1.82) is 0 Å². The van der Waals surface area contributed by atoms with E-state index in [1.165, 1.54) is 16.8 Å². The van der Waals surface area contributed by atoms with Crippen LogP contribution in [0.25, 0.3) is 10.9 Å². The fourth-order valence-corrected chi connectivity index (χ4v) is 2.66. The van der Waals surface area contributed by atoms with Crippen LogP contribution >= 0.6 is 11.6 Å². The van der Waals surface area contributed by atoms with Gasteiger partial charge in [0.15, 0.2) is 5.15 Å². The number of aromatic nitrogens is 3. The molecular formula is C15H14ClN3. The molecule has 2 heterocycles. The van der Waals surface area contributed by atoms with Crippen molar-refractivity contribution in [3.8, 4) is 0 Å². The third kappa shape index (κ3) is 2.00. The van der Waals surface area contributed by atoms with Gasteiger partial charge in [-0.25, -0.2) is 0 Å². The molecule has 0 amide bonds. The SMILES string of the molecule is Cc1c(C)n(Cc2ccccc2)c2c(Cl)nncc12. The highest BCUT2D eigenvalue weighted by molar-refractivity contribution is 6.33. The Morgan fingerprint density at radius 2 is 1.89 bits per heavy atom. The van der Waals surface area contributed by atoms with E-state index in [2.05, 4.69) is 40.7 Å².